The Labute approximate surface area is 69.5 Å². The van der Waals surface area contributed by atoms with Crippen molar-refractivity contribution in [1.82, 2.24) is 0 Å². The fourth-order valence-corrected chi connectivity index (χ4v) is 3.27. The molecule has 2 unspecified atom stereocenters. The molecule has 0 aliphatic carbocycles. The van der Waals surface area contributed by atoms with Crippen LogP contribution in [0.4, 0.5) is 0 Å². The van der Waals surface area contributed by atoms with Gasteiger partial charge in [-0.2, -0.15) is 0 Å². The minimum atomic E-state index is -2.85. The van der Waals surface area contributed by atoms with Crippen LogP contribution in [0.25, 0.3) is 0 Å². The second-order valence-electron chi connectivity index (χ2n) is 3.54. The summed E-state index contributed by atoms with van der Waals surface area (Å²) in [6.07, 6.45) is 1.85. The van der Waals surface area contributed by atoms with Gasteiger partial charge < -0.3 is 4.89 Å². The molecule has 0 spiro atoms. The van der Waals surface area contributed by atoms with E-state index >= 15 is 0 Å². The molecule has 11 heavy (non-hydrogen) atoms. The lowest BCUT2D eigenvalue weighted by molar-refractivity contribution is 0.433. The zero-order chi connectivity index (χ0) is 9.07. The highest BCUT2D eigenvalue weighted by molar-refractivity contribution is 7.57. The minimum absolute atomic E-state index is 0.00694. The van der Waals surface area contributed by atoms with Crippen LogP contribution in [0.5, 0.6) is 0 Å². The Morgan fingerprint density at radius 2 is 1.91 bits per heavy atom. The smallest absolute Gasteiger partial charge is 0.200 e. The summed E-state index contributed by atoms with van der Waals surface area (Å²) in [7, 11) is -2.85. The largest absolute Gasteiger partial charge is 0.344 e. The van der Waals surface area contributed by atoms with Crippen molar-refractivity contribution in [3.05, 3.63) is 0 Å². The summed E-state index contributed by atoms with van der Waals surface area (Å²) in [5.41, 5.74) is -0.00694. The highest BCUT2D eigenvalue weighted by Crippen LogP contribution is 2.47. The van der Waals surface area contributed by atoms with Crippen LogP contribution >= 0.6 is 7.37 Å². The Kier molecular flexibility index (Phi) is 4.35. The highest BCUT2D eigenvalue weighted by atomic mass is 31.2. The van der Waals surface area contributed by atoms with Crippen LogP contribution in [0.2, 0.25) is 0 Å². The molecular formula is C8H19O2P. The lowest BCUT2D eigenvalue weighted by Crippen LogP contribution is -2.15. The second-order valence-corrected chi connectivity index (χ2v) is 6.09. The first-order chi connectivity index (χ1) is 4.89. The molecule has 1 N–H and O–H groups in total. The van der Waals surface area contributed by atoms with Crippen molar-refractivity contribution < 1.29 is 9.46 Å². The maximum Gasteiger partial charge on any atom is 0.200 e. The maximum atomic E-state index is 11.3. The van der Waals surface area contributed by atoms with Gasteiger partial charge in [0.2, 0.25) is 7.37 Å². The van der Waals surface area contributed by atoms with Crippen LogP contribution in [0.1, 0.15) is 33.6 Å². The third-order valence-corrected chi connectivity index (χ3v) is 4.05. The molecule has 0 bridgehead atoms. The topological polar surface area (TPSA) is 37.3 Å². The third kappa shape index (κ3) is 3.93. The number of hydrogen-bond donors (Lipinski definition) is 1. The zero-order valence-electron chi connectivity index (χ0n) is 7.87. The van der Waals surface area contributed by atoms with Gasteiger partial charge in [0.25, 0.3) is 0 Å². The van der Waals surface area contributed by atoms with Gasteiger partial charge in [0, 0.05) is 12.3 Å². The molecule has 0 aromatic rings. The van der Waals surface area contributed by atoms with Crippen LogP contribution in [-0.2, 0) is 4.57 Å². The van der Waals surface area contributed by atoms with Gasteiger partial charge in [0.05, 0.1) is 0 Å². The predicted molar refractivity (Wildman–Crippen MR) is 49.3 cm³/mol. The molecule has 0 aromatic carbocycles. The van der Waals surface area contributed by atoms with Crippen molar-refractivity contribution in [1.29, 1.82) is 0 Å². The standard InChI is InChI=1S/C8H19O2P/c1-5-6-8(7(2)3)11(4,9)10/h7-8H,5-6H2,1-4H3,(H,9,10). The van der Waals surface area contributed by atoms with E-state index in [0.29, 0.717) is 5.92 Å². The van der Waals surface area contributed by atoms with Gasteiger partial charge in [-0.05, 0) is 12.3 Å². The predicted octanol–water partition coefficient (Wildman–Crippen LogP) is 2.71. The summed E-state index contributed by atoms with van der Waals surface area (Å²) >= 11 is 0. The van der Waals surface area contributed by atoms with Gasteiger partial charge in [-0.25, -0.2) is 0 Å². The van der Waals surface area contributed by atoms with Gasteiger partial charge in [-0.15, -0.1) is 0 Å². The van der Waals surface area contributed by atoms with Crippen LogP contribution in [0, 0.1) is 5.92 Å². The molecule has 0 rings (SSSR count). The van der Waals surface area contributed by atoms with Gasteiger partial charge in [0.1, 0.15) is 0 Å². The van der Waals surface area contributed by atoms with E-state index in [1.54, 1.807) is 0 Å². The SMILES string of the molecule is CCCC(C(C)C)P(C)(=O)O. The first-order valence-electron chi connectivity index (χ1n) is 4.19. The fourth-order valence-electron chi connectivity index (χ4n) is 1.42. The molecule has 0 fully saturated rings. The van der Waals surface area contributed by atoms with E-state index in [1.165, 1.54) is 6.66 Å². The van der Waals surface area contributed by atoms with E-state index < -0.39 is 7.37 Å². The molecule has 0 aromatic heterocycles. The molecule has 0 radical (unpaired) electrons. The van der Waals surface area contributed by atoms with Crippen molar-refractivity contribution in [3.63, 3.8) is 0 Å². The molecule has 0 aliphatic heterocycles. The summed E-state index contributed by atoms with van der Waals surface area (Å²) in [6.45, 7) is 7.53. The number of hydrogen-bond acceptors (Lipinski definition) is 1. The lowest BCUT2D eigenvalue weighted by atomic mass is 10.1. The van der Waals surface area contributed by atoms with Crippen LogP contribution in [0.3, 0.4) is 0 Å². The normalized spacial score (nSPS) is 19.8. The van der Waals surface area contributed by atoms with Gasteiger partial charge in [-0.3, -0.25) is 4.57 Å². The lowest BCUT2D eigenvalue weighted by Gasteiger charge is -2.22. The van der Waals surface area contributed by atoms with Crippen molar-refractivity contribution >= 4 is 7.37 Å². The quantitative estimate of drug-likeness (QED) is 0.672. The summed E-state index contributed by atoms with van der Waals surface area (Å²) < 4.78 is 11.3. The Morgan fingerprint density at radius 3 is 2.00 bits per heavy atom. The molecule has 0 saturated carbocycles. The first-order valence-corrected chi connectivity index (χ1v) is 6.37. The second kappa shape index (κ2) is 4.27. The van der Waals surface area contributed by atoms with Gasteiger partial charge >= 0.3 is 0 Å². The monoisotopic (exact) mass is 178 g/mol. The van der Waals surface area contributed by atoms with E-state index in [9.17, 15) is 9.46 Å². The van der Waals surface area contributed by atoms with Crippen molar-refractivity contribution in [2.75, 3.05) is 6.66 Å². The average Bonchev–Trinajstić information content (AvgIpc) is 1.79. The maximum absolute atomic E-state index is 11.3. The summed E-state index contributed by atoms with van der Waals surface area (Å²) in [5, 5.41) is 0. The molecule has 68 valence electrons. The van der Waals surface area contributed by atoms with Crippen LogP contribution in [0.15, 0.2) is 0 Å². The van der Waals surface area contributed by atoms with Crippen molar-refractivity contribution in [2.24, 2.45) is 5.92 Å². The molecule has 0 saturated heterocycles. The Hall–Kier alpha value is 0.190. The summed E-state index contributed by atoms with van der Waals surface area (Å²) in [4.78, 5) is 9.33. The first kappa shape index (κ1) is 11.2. The van der Waals surface area contributed by atoms with Crippen molar-refractivity contribution in [3.8, 4) is 0 Å². The van der Waals surface area contributed by atoms with Gasteiger partial charge in [-0.1, -0.05) is 27.2 Å². The Morgan fingerprint density at radius 1 is 1.45 bits per heavy atom. The molecular weight excluding hydrogens is 159 g/mol. The highest BCUT2D eigenvalue weighted by Gasteiger charge is 2.27. The number of rotatable bonds is 4. The fraction of sp³-hybridized carbons (Fsp3) is 1.00. The molecule has 0 amide bonds. The third-order valence-electron chi connectivity index (χ3n) is 1.97. The van der Waals surface area contributed by atoms with Crippen LogP contribution in [-0.4, -0.2) is 17.2 Å². The van der Waals surface area contributed by atoms with Crippen LogP contribution < -0.4 is 0 Å². The van der Waals surface area contributed by atoms with E-state index in [1.807, 2.05) is 20.8 Å². The minimum Gasteiger partial charge on any atom is -0.344 e. The van der Waals surface area contributed by atoms with E-state index in [2.05, 4.69) is 0 Å². The van der Waals surface area contributed by atoms with Gasteiger partial charge in [0.15, 0.2) is 0 Å². The van der Waals surface area contributed by atoms with E-state index in [0.717, 1.165) is 12.8 Å². The van der Waals surface area contributed by atoms with Crippen molar-refractivity contribution in [2.45, 2.75) is 39.3 Å². The average molecular weight is 178 g/mol. The molecule has 2 nitrogen and oxygen atoms in total. The molecule has 0 aliphatic rings. The molecule has 3 heteroatoms. The molecule has 0 heterocycles. The van der Waals surface area contributed by atoms with E-state index in [-0.39, 0.29) is 5.66 Å². The molecule has 2 atom stereocenters. The Bertz CT molecular complexity index is 148. The summed E-state index contributed by atoms with van der Waals surface area (Å²) in [6, 6.07) is 0. The zero-order valence-corrected chi connectivity index (χ0v) is 8.77. The van der Waals surface area contributed by atoms with E-state index in [4.69, 9.17) is 0 Å². The Balaban J connectivity index is 4.23. The summed E-state index contributed by atoms with van der Waals surface area (Å²) in [5.74, 6) is 0.316.